The maximum atomic E-state index is 11.8. The molecule has 0 unspecified atom stereocenters. The van der Waals surface area contributed by atoms with E-state index in [1.54, 1.807) is 27.7 Å². The van der Waals surface area contributed by atoms with E-state index in [2.05, 4.69) is 4.74 Å². The molecule has 0 aliphatic rings. The van der Waals surface area contributed by atoms with Gasteiger partial charge in [0.05, 0.1) is 12.7 Å². The number of carbonyl (C=O) groups excluding carboxylic acids is 2. The third kappa shape index (κ3) is 6.69. The normalized spacial score (nSPS) is 14.0. The number of carbonyl (C=O) groups is 2. The van der Waals surface area contributed by atoms with Gasteiger partial charge in [0.15, 0.2) is 0 Å². The first-order valence-corrected chi connectivity index (χ1v) is 7.05. The smallest absolute Gasteiger partial charge is 0.428 e. The van der Waals surface area contributed by atoms with E-state index in [0.29, 0.717) is 6.61 Å². The molecule has 1 rings (SSSR count). The van der Waals surface area contributed by atoms with Gasteiger partial charge in [-0.2, -0.15) is 0 Å². The maximum absolute atomic E-state index is 11.8. The lowest BCUT2D eigenvalue weighted by molar-refractivity contribution is -0.146. The molecule has 0 aliphatic carbocycles. The van der Waals surface area contributed by atoms with Gasteiger partial charge in [0.2, 0.25) is 0 Å². The number of rotatable bonds is 5. The van der Waals surface area contributed by atoms with E-state index in [4.69, 9.17) is 15.2 Å². The molecule has 0 spiro atoms. The van der Waals surface area contributed by atoms with Crippen LogP contribution >= 0.6 is 0 Å². The van der Waals surface area contributed by atoms with E-state index in [1.165, 1.54) is 0 Å². The SMILES string of the molecule is C[C@@H](OCc1ccccc1)[C@H](N)C(=O)OC(=O)OC(C)(C)C. The van der Waals surface area contributed by atoms with E-state index in [-0.39, 0.29) is 0 Å². The average molecular weight is 309 g/mol. The Labute approximate surface area is 130 Å². The van der Waals surface area contributed by atoms with Crippen molar-refractivity contribution in [2.75, 3.05) is 0 Å². The van der Waals surface area contributed by atoms with Gasteiger partial charge in [-0.05, 0) is 33.3 Å². The monoisotopic (exact) mass is 309 g/mol. The van der Waals surface area contributed by atoms with Crippen molar-refractivity contribution in [3.8, 4) is 0 Å². The minimum Gasteiger partial charge on any atom is -0.428 e. The van der Waals surface area contributed by atoms with Gasteiger partial charge in [-0.15, -0.1) is 0 Å². The molecule has 6 nitrogen and oxygen atoms in total. The van der Waals surface area contributed by atoms with Gasteiger partial charge >= 0.3 is 12.1 Å². The molecule has 2 atom stereocenters. The topological polar surface area (TPSA) is 87.9 Å². The van der Waals surface area contributed by atoms with Gasteiger partial charge in [0.25, 0.3) is 0 Å². The molecule has 0 aliphatic heterocycles. The molecule has 1 aromatic rings. The zero-order valence-electron chi connectivity index (χ0n) is 13.4. The zero-order valence-corrected chi connectivity index (χ0v) is 13.4. The molecular weight excluding hydrogens is 286 g/mol. The summed E-state index contributed by atoms with van der Waals surface area (Å²) >= 11 is 0. The summed E-state index contributed by atoms with van der Waals surface area (Å²) in [4.78, 5) is 23.2. The molecule has 6 heteroatoms. The van der Waals surface area contributed by atoms with Crippen LogP contribution in [0.3, 0.4) is 0 Å². The predicted molar refractivity (Wildman–Crippen MR) is 81.0 cm³/mol. The molecular formula is C16H23NO5. The number of hydrogen-bond donors (Lipinski definition) is 1. The summed E-state index contributed by atoms with van der Waals surface area (Å²) in [5.41, 5.74) is 5.95. The Bertz CT molecular complexity index is 495. The Kier molecular flexibility index (Phi) is 6.52. The molecule has 0 saturated carbocycles. The molecule has 0 fully saturated rings. The quantitative estimate of drug-likeness (QED) is 0.663. The molecule has 0 aromatic heterocycles. The molecule has 0 saturated heterocycles. The maximum Gasteiger partial charge on any atom is 0.516 e. The van der Waals surface area contributed by atoms with Crippen molar-refractivity contribution in [2.24, 2.45) is 5.73 Å². The van der Waals surface area contributed by atoms with Crippen molar-refractivity contribution in [1.82, 2.24) is 0 Å². The summed E-state index contributed by atoms with van der Waals surface area (Å²) in [6.07, 6.45) is -1.67. The van der Waals surface area contributed by atoms with Crippen LogP contribution in [0.4, 0.5) is 4.79 Å². The van der Waals surface area contributed by atoms with Crippen molar-refractivity contribution >= 4 is 12.1 Å². The van der Waals surface area contributed by atoms with E-state index >= 15 is 0 Å². The number of nitrogens with two attached hydrogens (primary N) is 1. The standard InChI is InChI=1S/C16H23NO5/c1-11(20-10-12-8-6-5-7-9-12)13(17)14(18)21-15(19)22-16(2,3)4/h5-9,11,13H,10,17H2,1-4H3/t11-,13+/m1/s1. The lowest BCUT2D eigenvalue weighted by Gasteiger charge is -2.21. The average Bonchev–Trinajstić information content (AvgIpc) is 2.42. The predicted octanol–water partition coefficient (Wildman–Crippen LogP) is 2.40. The minimum absolute atomic E-state index is 0.315. The highest BCUT2D eigenvalue weighted by molar-refractivity contribution is 5.85. The van der Waals surface area contributed by atoms with Crippen LogP contribution in [0.5, 0.6) is 0 Å². The van der Waals surface area contributed by atoms with Gasteiger partial charge in [0.1, 0.15) is 11.6 Å². The molecule has 2 N–H and O–H groups in total. The van der Waals surface area contributed by atoms with Crippen LogP contribution < -0.4 is 5.73 Å². The molecule has 0 amide bonds. The molecule has 122 valence electrons. The van der Waals surface area contributed by atoms with Crippen LogP contribution in [0.25, 0.3) is 0 Å². The second kappa shape index (κ2) is 7.91. The summed E-state index contributed by atoms with van der Waals surface area (Å²) in [6, 6.07) is 8.40. The number of esters is 1. The van der Waals surface area contributed by atoms with Crippen molar-refractivity contribution < 1.29 is 23.8 Å². The van der Waals surface area contributed by atoms with E-state index in [9.17, 15) is 9.59 Å². The number of ether oxygens (including phenoxy) is 3. The fraction of sp³-hybridized carbons (Fsp3) is 0.500. The largest absolute Gasteiger partial charge is 0.516 e. The van der Waals surface area contributed by atoms with Crippen LogP contribution in [0.1, 0.15) is 33.3 Å². The highest BCUT2D eigenvalue weighted by Crippen LogP contribution is 2.10. The highest BCUT2D eigenvalue weighted by Gasteiger charge is 2.27. The first kappa shape index (κ1) is 18.1. The lowest BCUT2D eigenvalue weighted by Crippen LogP contribution is -2.44. The molecule has 0 bridgehead atoms. The Hall–Kier alpha value is -1.92. The number of hydrogen-bond acceptors (Lipinski definition) is 6. The van der Waals surface area contributed by atoms with Crippen LogP contribution in [-0.4, -0.2) is 29.9 Å². The van der Waals surface area contributed by atoms with Crippen molar-refractivity contribution in [1.29, 1.82) is 0 Å². The molecule has 1 aromatic carbocycles. The summed E-state index contributed by atoms with van der Waals surface area (Å²) in [7, 11) is 0. The second-order valence-corrected chi connectivity index (χ2v) is 5.91. The van der Waals surface area contributed by atoms with Gasteiger partial charge < -0.3 is 19.9 Å². The first-order chi connectivity index (χ1) is 10.2. The third-order valence-corrected chi connectivity index (χ3v) is 2.71. The van der Waals surface area contributed by atoms with Gasteiger partial charge in [-0.3, -0.25) is 0 Å². The Morgan fingerprint density at radius 3 is 2.32 bits per heavy atom. The Balaban J connectivity index is 2.43. The highest BCUT2D eigenvalue weighted by atomic mass is 16.7. The summed E-state index contributed by atoms with van der Waals surface area (Å²) in [5, 5.41) is 0. The summed E-state index contributed by atoms with van der Waals surface area (Å²) in [6.45, 7) is 6.97. The lowest BCUT2D eigenvalue weighted by atomic mass is 10.2. The first-order valence-electron chi connectivity index (χ1n) is 7.05. The fourth-order valence-electron chi connectivity index (χ4n) is 1.52. The minimum atomic E-state index is -1.07. The van der Waals surface area contributed by atoms with E-state index < -0.39 is 29.9 Å². The van der Waals surface area contributed by atoms with Crippen molar-refractivity contribution in [3.63, 3.8) is 0 Å². The molecule has 0 heterocycles. The summed E-state index contributed by atoms with van der Waals surface area (Å²) < 4.78 is 15.0. The van der Waals surface area contributed by atoms with Gasteiger partial charge in [0, 0.05) is 0 Å². The Morgan fingerprint density at radius 2 is 1.77 bits per heavy atom. The van der Waals surface area contributed by atoms with Crippen LogP contribution in [0, 0.1) is 0 Å². The van der Waals surface area contributed by atoms with E-state index in [0.717, 1.165) is 5.56 Å². The fourth-order valence-corrected chi connectivity index (χ4v) is 1.52. The Morgan fingerprint density at radius 1 is 1.18 bits per heavy atom. The van der Waals surface area contributed by atoms with Gasteiger partial charge in [-0.25, -0.2) is 9.59 Å². The van der Waals surface area contributed by atoms with Gasteiger partial charge in [-0.1, -0.05) is 30.3 Å². The molecule has 22 heavy (non-hydrogen) atoms. The second-order valence-electron chi connectivity index (χ2n) is 5.91. The van der Waals surface area contributed by atoms with Crippen LogP contribution in [0.15, 0.2) is 30.3 Å². The molecule has 0 radical (unpaired) electrons. The van der Waals surface area contributed by atoms with Crippen LogP contribution in [0.2, 0.25) is 0 Å². The van der Waals surface area contributed by atoms with Crippen molar-refractivity contribution in [2.45, 2.75) is 52.0 Å². The summed E-state index contributed by atoms with van der Waals surface area (Å²) in [5.74, 6) is -0.880. The van der Waals surface area contributed by atoms with Crippen LogP contribution in [-0.2, 0) is 25.6 Å². The third-order valence-electron chi connectivity index (χ3n) is 2.71. The number of benzene rings is 1. The van der Waals surface area contributed by atoms with E-state index in [1.807, 2.05) is 30.3 Å². The van der Waals surface area contributed by atoms with Crippen molar-refractivity contribution in [3.05, 3.63) is 35.9 Å². The zero-order chi connectivity index (χ0) is 16.8.